The van der Waals surface area contributed by atoms with Gasteiger partial charge in [-0.15, -0.1) is 11.3 Å². The summed E-state index contributed by atoms with van der Waals surface area (Å²) in [6, 6.07) is 10.4. The second-order valence-electron chi connectivity index (χ2n) is 4.14. The quantitative estimate of drug-likeness (QED) is 0.847. The van der Waals surface area contributed by atoms with Crippen LogP contribution >= 0.6 is 27.3 Å². The zero-order chi connectivity index (χ0) is 13.7. The molecule has 5 heteroatoms. The number of nitrogens with one attached hydrogen (secondary N) is 1. The van der Waals surface area contributed by atoms with E-state index in [4.69, 9.17) is 10.5 Å². The number of nitrogens with two attached hydrogens (primary N) is 1. The predicted octanol–water partition coefficient (Wildman–Crippen LogP) is 3.31. The maximum absolute atomic E-state index is 5.86. The average molecular weight is 341 g/mol. The number of hydrogen-bond donors (Lipinski definition) is 2. The van der Waals surface area contributed by atoms with Crippen molar-refractivity contribution < 1.29 is 4.74 Å². The van der Waals surface area contributed by atoms with Gasteiger partial charge in [-0.3, -0.25) is 0 Å². The van der Waals surface area contributed by atoms with E-state index in [1.165, 1.54) is 4.88 Å². The van der Waals surface area contributed by atoms with Crippen molar-refractivity contribution in [2.45, 2.75) is 12.6 Å². The zero-order valence-corrected chi connectivity index (χ0v) is 13.1. The molecule has 1 unspecified atom stereocenters. The summed E-state index contributed by atoms with van der Waals surface area (Å²) in [6.45, 7) is 1.40. The Labute approximate surface area is 125 Å². The summed E-state index contributed by atoms with van der Waals surface area (Å²) in [7, 11) is 1.66. The summed E-state index contributed by atoms with van der Waals surface area (Å²) in [5, 5.41) is 5.56. The van der Waals surface area contributed by atoms with Crippen LogP contribution in [-0.4, -0.2) is 13.7 Å². The number of halogens is 1. The van der Waals surface area contributed by atoms with Gasteiger partial charge in [0, 0.05) is 24.0 Å². The summed E-state index contributed by atoms with van der Waals surface area (Å²) in [6.07, 6.45) is 0. The van der Waals surface area contributed by atoms with Gasteiger partial charge in [-0.1, -0.05) is 12.1 Å². The molecule has 0 saturated carbocycles. The minimum Gasteiger partial charge on any atom is -0.496 e. The van der Waals surface area contributed by atoms with Gasteiger partial charge in [-0.25, -0.2) is 0 Å². The van der Waals surface area contributed by atoms with Gasteiger partial charge in [-0.05, 0) is 45.1 Å². The smallest absolute Gasteiger partial charge is 0.133 e. The Bertz CT molecular complexity index is 516. The highest BCUT2D eigenvalue weighted by molar-refractivity contribution is 9.10. The second kappa shape index (κ2) is 7.05. The highest BCUT2D eigenvalue weighted by Gasteiger charge is 2.11. The van der Waals surface area contributed by atoms with Gasteiger partial charge in [0.1, 0.15) is 5.75 Å². The summed E-state index contributed by atoms with van der Waals surface area (Å²) < 4.78 is 6.18. The molecule has 1 aromatic heterocycles. The lowest BCUT2D eigenvalue weighted by Crippen LogP contribution is -2.27. The molecule has 0 fully saturated rings. The van der Waals surface area contributed by atoms with Crippen LogP contribution in [0, 0.1) is 0 Å². The van der Waals surface area contributed by atoms with Crippen LogP contribution in [0.2, 0.25) is 0 Å². The van der Waals surface area contributed by atoms with Crippen LogP contribution in [0.25, 0.3) is 0 Å². The molecule has 102 valence electrons. The molecular weight excluding hydrogens is 324 g/mol. The highest BCUT2D eigenvalue weighted by atomic mass is 79.9. The van der Waals surface area contributed by atoms with Crippen molar-refractivity contribution in [2.75, 3.05) is 13.7 Å². The molecule has 0 aliphatic heterocycles. The van der Waals surface area contributed by atoms with Crippen LogP contribution in [-0.2, 0) is 6.54 Å². The number of benzene rings is 1. The molecule has 0 spiro atoms. The number of methoxy groups -OCH3 is 1. The van der Waals surface area contributed by atoms with E-state index >= 15 is 0 Å². The molecule has 0 aliphatic carbocycles. The lowest BCUT2D eigenvalue weighted by molar-refractivity contribution is 0.411. The van der Waals surface area contributed by atoms with Gasteiger partial charge in [0.2, 0.25) is 0 Å². The summed E-state index contributed by atoms with van der Waals surface area (Å²) in [5.74, 6) is 0.831. The molecule has 2 rings (SSSR count). The minimum atomic E-state index is 0.143. The number of thiophene rings is 1. The van der Waals surface area contributed by atoms with E-state index < -0.39 is 0 Å². The fourth-order valence-corrected chi connectivity index (χ4v) is 3.09. The van der Waals surface area contributed by atoms with E-state index in [0.29, 0.717) is 6.54 Å². The predicted molar refractivity (Wildman–Crippen MR) is 83.6 cm³/mol. The summed E-state index contributed by atoms with van der Waals surface area (Å²) >= 11 is 5.25. The number of ether oxygens (including phenoxy) is 1. The maximum atomic E-state index is 5.86. The first-order valence-corrected chi connectivity index (χ1v) is 7.71. The Hall–Kier alpha value is -0.880. The van der Waals surface area contributed by atoms with Crippen molar-refractivity contribution in [2.24, 2.45) is 5.73 Å². The third kappa shape index (κ3) is 3.79. The molecule has 19 heavy (non-hydrogen) atoms. The molecule has 0 amide bonds. The van der Waals surface area contributed by atoms with Crippen LogP contribution < -0.4 is 15.8 Å². The fraction of sp³-hybridized carbons (Fsp3) is 0.286. The van der Waals surface area contributed by atoms with Crippen LogP contribution in [0.15, 0.2) is 40.2 Å². The van der Waals surface area contributed by atoms with Crippen molar-refractivity contribution in [3.8, 4) is 5.75 Å². The van der Waals surface area contributed by atoms with Gasteiger partial charge >= 0.3 is 0 Å². The van der Waals surface area contributed by atoms with Gasteiger partial charge < -0.3 is 15.8 Å². The molecule has 0 radical (unpaired) electrons. The van der Waals surface area contributed by atoms with E-state index in [1.807, 2.05) is 12.1 Å². The van der Waals surface area contributed by atoms with Crippen molar-refractivity contribution >= 4 is 27.3 Å². The normalized spacial score (nSPS) is 12.4. The molecule has 2 aromatic rings. The largest absolute Gasteiger partial charge is 0.496 e. The highest BCUT2D eigenvalue weighted by Crippen LogP contribution is 2.28. The first-order valence-electron chi connectivity index (χ1n) is 6.04. The Morgan fingerprint density at radius 1 is 1.42 bits per heavy atom. The monoisotopic (exact) mass is 340 g/mol. The first kappa shape index (κ1) is 14.5. The molecule has 0 saturated heterocycles. The van der Waals surface area contributed by atoms with E-state index in [1.54, 1.807) is 18.4 Å². The third-order valence-electron chi connectivity index (χ3n) is 2.92. The van der Waals surface area contributed by atoms with Crippen molar-refractivity contribution in [3.63, 3.8) is 0 Å². The van der Waals surface area contributed by atoms with Crippen LogP contribution in [0.3, 0.4) is 0 Å². The Balaban J connectivity index is 2.06. The van der Waals surface area contributed by atoms with Crippen molar-refractivity contribution in [1.29, 1.82) is 0 Å². The van der Waals surface area contributed by atoms with Gasteiger partial charge in [-0.2, -0.15) is 0 Å². The molecule has 0 aliphatic rings. The topological polar surface area (TPSA) is 47.3 Å². The zero-order valence-electron chi connectivity index (χ0n) is 10.7. The van der Waals surface area contributed by atoms with Crippen molar-refractivity contribution in [3.05, 3.63) is 50.6 Å². The Morgan fingerprint density at radius 3 is 2.84 bits per heavy atom. The Morgan fingerprint density at radius 2 is 2.26 bits per heavy atom. The molecule has 0 bridgehead atoms. The molecule has 1 aromatic carbocycles. The third-order valence-corrected chi connectivity index (χ3v) is 4.41. The first-order chi connectivity index (χ1) is 9.24. The summed E-state index contributed by atoms with van der Waals surface area (Å²) in [5.41, 5.74) is 7.02. The van der Waals surface area contributed by atoms with E-state index in [2.05, 4.69) is 44.8 Å². The SMILES string of the molecule is COc1ccc(C(CN)NCc2cccs2)cc1Br. The molecule has 3 nitrogen and oxygen atoms in total. The van der Waals surface area contributed by atoms with Crippen molar-refractivity contribution in [1.82, 2.24) is 5.32 Å². The summed E-state index contributed by atoms with van der Waals surface area (Å²) in [4.78, 5) is 1.31. The lowest BCUT2D eigenvalue weighted by atomic mass is 10.1. The number of rotatable bonds is 6. The van der Waals surface area contributed by atoms with Crippen LogP contribution in [0.5, 0.6) is 5.75 Å². The lowest BCUT2D eigenvalue weighted by Gasteiger charge is -2.18. The van der Waals surface area contributed by atoms with Crippen LogP contribution in [0.4, 0.5) is 0 Å². The second-order valence-corrected chi connectivity index (χ2v) is 6.03. The van der Waals surface area contributed by atoms with Gasteiger partial charge in [0.15, 0.2) is 0 Å². The molecule has 1 atom stereocenters. The molecular formula is C14H17BrN2OS. The molecule has 3 N–H and O–H groups in total. The van der Waals surface area contributed by atoms with Gasteiger partial charge in [0.05, 0.1) is 11.6 Å². The maximum Gasteiger partial charge on any atom is 0.133 e. The van der Waals surface area contributed by atoms with Gasteiger partial charge in [0.25, 0.3) is 0 Å². The number of hydrogen-bond acceptors (Lipinski definition) is 4. The standard InChI is InChI=1S/C14H17BrN2OS/c1-18-14-5-4-10(7-12(14)15)13(8-16)17-9-11-3-2-6-19-11/h2-7,13,17H,8-9,16H2,1H3. The van der Waals surface area contributed by atoms with E-state index in [9.17, 15) is 0 Å². The van der Waals surface area contributed by atoms with Crippen LogP contribution in [0.1, 0.15) is 16.5 Å². The molecule has 1 heterocycles. The van der Waals surface area contributed by atoms with E-state index in [0.717, 1.165) is 22.3 Å². The van der Waals surface area contributed by atoms with E-state index in [-0.39, 0.29) is 6.04 Å². The average Bonchev–Trinajstić information content (AvgIpc) is 2.93. The Kier molecular flexibility index (Phi) is 5.39. The fourth-order valence-electron chi connectivity index (χ4n) is 1.87. The minimum absolute atomic E-state index is 0.143.